The second kappa shape index (κ2) is 11.7. The number of amides is 1. The first-order chi connectivity index (χ1) is 16.0. The van der Waals surface area contributed by atoms with Gasteiger partial charge in [0.05, 0.1) is 6.04 Å². The molecule has 2 saturated heterocycles. The summed E-state index contributed by atoms with van der Waals surface area (Å²) in [6.45, 7) is 6.30. The third-order valence-electron chi connectivity index (χ3n) is 7.16. The highest BCUT2D eigenvalue weighted by molar-refractivity contribution is 8.14. The largest absolute Gasteiger partial charge is 0.352 e. The van der Waals surface area contributed by atoms with Crippen LogP contribution in [0.5, 0.6) is 0 Å². The zero-order valence-corrected chi connectivity index (χ0v) is 21.3. The van der Waals surface area contributed by atoms with Crippen LogP contribution in [-0.2, 0) is 0 Å². The molecule has 1 atom stereocenters. The number of nitrogens with zero attached hydrogens (tertiary/aromatic N) is 5. The monoisotopic (exact) mass is 472 g/mol. The van der Waals surface area contributed by atoms with Crippen LogP contribution >= 0.6 is 11.8 Å². The van der Waals surface area contributed by atoms with Crippen molar-refractivity contribution in [3.8, 4) is 0 Å². The quantitative estimate of drug-likeness (QED) is 0.615. The molecule has 0 bridgehead atoms. The average molecular weight is 473 g/mol. The Labute approximate surface area is 203 Å². The van der Waals surface area contributed by atoms with Gasteiger partial charge in [0.25, 0.3) is 5.91 Å². The van der Waals surface area contributed by atoms with Gasteiger partial charge in [0, 0.05) is 52.4 Å². The number of hydrogen-bond donors (Lipinski definition) is 1. The lowest BCUT2D eigenvalue weighted by atomic mass is 9.96. The van der Waals surface area contributed by atoms with E-state index in [4.69, 9.17) is 4.99 Å². The van der Waals surface area contributed by atoms with Gasteiger partial charge in [-0.15, -0.1) is 0 Å². The van der Waals surface area contributed by atoms with E-state index in [1.165, 1.54) is 37.7 Å². The molecule has 3 aliphatic rings. The van der Waals surface area contributed by atoms with Gasteiger partial charge in [-0.05, 0) is 50.6 Å². The van der Waals surface area contributed by atoms with Gasteiger partial charge in [0.2, 0.25) is 0 Å². The second-order valence-electron chi connectivity index (χ2n) is 9.65. The van der Waals surface area contributed by atoms with Gasteiger partial charge < -0.3 is 15.1 Å². The summed E-state index contributed by atoms with van der Waals surface area (Å²) in [6, 6.07) is 8.55. The van der Waals surface area contributed by atoms with Crippen molar-refractivity contribution in [3.63, 3.8) is 0 Å². The summed E-state index contributed by atoms with van der Waals surface area (Å²) in [4.78, 5) is 22.5. The highest BCUT2D eigenvalue weighted by Gasteiger charge is 2.34. The van der Waals surface area contributed by atoms with Crippen molar-refractivity contribution in [2.24, 2.45) is 4.99 Å². The van der Waals surface area contributed by atoms with Crippen molar-refractivity contribution in [2.75, 3.05) is 60.4 Å². The number of carbonyl (C=O) groups is 1. The maximum atomic E-state index is 12.6. The topological polar surface area (TPSA) is 54.4 Å². The van der Waals surface area contributed by atoms with Crippen LogP contribution in [0.2, 0.25) is 0 Å². The Morgan fingerprint density at radius 2 is 1.73 bits per heavy atom. The fourth-order valence-electron chi connectivity index (χ4n) is 4.79. The van der Waals surface area contributed by atoms with E-state index in [0.717, 1.165) is 56.4 Å². The van der Waals surface area contributed by atoms with Crippen molar-refractivity contribution in [2.45, 2.75) is 49.9 Å². The van der Waals surface area contributed by atoms with Gasteiger partial charge in [-0.3, -0.25) is 14.8 Å². The van der Waals surface area contributed by atoms with Gasteiger partial charge in [-0.2, -0.15) is 0 Å². The predicted octanol–water partition coefficient (Wildman–Crippen LogP) is 3.27. The molecule has 0 radical (unpaired) electrons. The summed E-state index contributed by atoms with van der Waals surface area (Å²) in [6.07, 6.45) is 7.37. The number of rotatable bonds is 7. The van der Waals surface area contributed by atoms with Crippen LogP contribution in [0.15, 0.2) is 29.3 Å². The van der Waals surface area contributed by atoms with Crippen LogP contribution in [0.4, 0.5) is 0 Å². The molecule has 4 rings (SSSR count). The standard InChI is InChI=1S/C25H40N6OS/c1-28-16-18-31(19-17-28)15-7-14-26-23(32)20-10-12-21(13-11-20)24-29(2)30(3)25(33-24)27-22-8-5-4-6-9-22/h10-13,22,24H,4-9,14-19H2,1-3H3,(H,26,32). The molecule has 1 unspecified atom stereocenters. The van der Waals surface area contributed by atoms with Gasteiger partial charge in [0.1, 0.15) is 5.37 Å². The van der Waals surface area contributed by atoms with E-state index in [1.807, 2.05) is 23.9 Å². The molecule has 1 aromatic carbocycles. The molecule has 2 heterocycles. The molecule has 182 valence electrons. The van der Waals surface area contributed by atoms with Crippen LogP contribution in [0, 0.1) is 0 Å². The zero-order chi connectivity index (χ0) is 23.2. The van der Waals surface area contributed by atoms with Crippen molar-refractivity contribution >= 4 is 22.8 Å². The fraction of sp³-hybridized carbons (Fsp3) is 0.680. The molecule has 1 aromatic rings. The number of likely N-dealkylation sites (N-methyl/N-ethyl adjacent to an activating group) is 1. The zero-order valence-electron chi connectivity index (χ0n) is 20.5. The molecule has 2 aliphatic heterocycles. The molecule has 3 fully saturated rings. The van der Waals surface area contributed by atoms with Crippen molar-refractivity contribution in [1.29, 1.82) is 0 Å². The maximum absolute atomic E-state index is 12.6. The van der Waals surface area contributed by atoms with Gasteiger partial charge >= 0.3 is 0 Å². The number of nitrogens with one attached hydrogen (secondary N) is 1. The van der Waals surface area contributed by atoms with Crippen molar-refractivity contribution < 1.29 is 4.79 Å². The number of benzene rings is 1. The Hall–Kier alpha value is -1.61. The molecule has 8 heteroatoms. The first-order valence-corrected chi connectivity index (χ1v) is 13.4. The number of carbonyl (C=O) groups excluding carboxylic acids is 1. The molecular formula is C25H40N6OS. The summed E-state index contributed by atoms with van der Waals surface area (Å²) in [5.74, 6) is 0.0176. The Balaban J connectivity index is 1.26. The number of amidine groups is 1. The first kappa shape index (κ1) is 24.5. The van der Waals surface area contributed by atoms with Crippen LogP contribution in [0.25, 0.3) is 0 Å². The van der Waals surface area contributed by atoms with E-state index in [1.54, 1.807) is 0 Å². The molecule has 0 spiro atoms. The van der Waals surface area contributed by atoms with Crippen LogP contribution in [-0.4, -0.2) is 97.3 Å². The van der Waals surface area contributed by atoms with E-state index in [0.29, 0.717) is 6.04 Å². The van der Waals surface area contributed by atoms with Crippen LogP contribution in [0.3, 0.4) is 0 Å². The lowest BCUT2D eigenvalue weighted by Gasteiger charge is -2.32. The number of thioether (sulfide) groups is 1. The van der Waals surface area contributed by atoms with Crippen LogP contribution < -0.4 is 5.32 Å². The van der Waals surface area contributed by atoms with E-state index in [2.05, 4.69) is 58.4 Å². The Bertz CT molecular complexity index is 802. The summed E-state index contributed by atoms with van der Waals surface area (Å²) in [7, 11) is 6.38. The minimum absolute atomic E-state index is 0.0176. The molecule has 1 aliphatic carbocycles. The number of hydrazine groups is 1. The summed E-state index contributed by atoms with van der Waals surface area (Å²) < 4.78 is 0. The summed E-state index contributed by atoms with van der Waals surface area (Å²) >= 11 is 1.81. The molecular weight excluding hydrogens is 432 g/mol. The highest BCUT2D eigenvalue weighted by Crippen LogP contribution is 2.41. The normalized spacial score (nSPS) is 25.1. The van der Waals surface area contributed by atoms with Gasteiger partial charge in [-0.1, -0.05) is 43.2 Å². The van der Waals surface area contributed by atoms with E-state index in [9.17, 15) is 4.79 Å². The summed E-state index contributed by atoms with van der Waals surface area (Å²) in [5, 5.41) is 8.79. The van der Waals surface area contributed by atoms with Gasteiger partial charge in [-0.25, -0.2) is 5.01 Å². The predicted molar refractivity (Wildman–Crippen MR) is 137 cm³/mol. The first-order valence-electron chi connectivity index (χ1n) is 12.5. The highest BCUT2D eigenvalue weighted by atomic mass is 32.2. The molecule has 1 N–H and O–H groups in total. The SMILES string of the molecule is CN1CCN(CCCNC(=O)c2ccc(C3SC(=NC4CCCCC4)N(C)N3C)cc2)CC1. The Morgan fingerprint density at radius 1 is 1.03 bits per heavy atom. The number of aliphatic imine (C=N–C) groups is 1. The van der Waals surface area contributed by atoms with Crippen molar-refractivity contribution in [1.82, 2.24) is 25.1 Å². The molecule has 1 amide bonds. The minimum Gasteiger partial charge on any atom is -0.352 e. The Morgan fingerprint density at radius 3 is 2.42 bits per heavy atom. The number of piperazine rings is 1. The molecule has 0 aromatic heterocycles. The maximum Gasteiger partial charge on any atom is 0.251 e. The lowest BCUT2D eigenvalue weighted by molar-refractivity contribution is 0.0949. The third-order valence-corrected chi connectivity index (χ3v) is 8.55. The van der Waals surface area contributed by atoms with E-state index >= 15 is 0 Å². The second-order valence-corrected chi connectivity index (χ2v) is 10.7. The van der Waals surface area contributed by atoms with Gasteiger partial charge in [0.15, 0.2) is 5.17 Å². The average Bonchev–Trinajstić information content (AvgIpc) is 3.12. The van der Waals surface area contributed by atoms with E-state index < -0.39 is 0 Å². The minimum atomic E-state index is 0.0176. The Kier molecular flexibility index (Phi) is 8.68. The summed E-state index contributed by atoms with van der Waals surface area (Å²) in [5.41, 5.74) is 1.93. The lowest BCUT2D eigenvalue weighted by Crippen LogP contribution is -2.45. The van der Waals surface area contributed by atoms with Crippen LogP contribution in [0.1, 0.15) is 59.8 Å². The number of hydrogen-bond acceptors (Lipinski definition) is 6. The van der Waals surface area contributed by atoms with E-state index in [-0.39, 0.29) is 11.3 Å². The molecule has 33 heavy (non-hydrogen) atoms. The molecule has 7 nitrogen and oxygen atoms in total. The third kappa shape index (κ3) is 6.50. The fourth-order valence-corrected chi connectivity index (χ4v) is 6.06. The molecule has 1 saturated carbocycles. The smallest absolute Gasteiger partial charge is 0.251 e. The van der Waals surface area contributed by atoms with Crippen molar-refractivity contribution in [3.05, 3.63) is 35.4 Å².